The SMILES string of the molecule is CCn1cc(C(=O)NCc2ccccc2OC)c2nn(-c3ccccc3)c(=O)c-2c1. The molecule has 2 heterocycles. The highest BCUT2D eigenvalue weighted by molar-refractivity contribution is 5.99. The van der Waals surface area contributed by atoms with Gasteiger partial charge in [-0.15, -0.1) is 0 Å². The first-order valence-electron chi connectivity index (χ1n) is 9.70. The molecule has 0 atom stereocenters. The fraction of sp³-hybridized carbons (Fsp3) is 0.174. The average Bonchev–Trinajstić information content (AvgIpc) is 3.13. The number of methoxy groups -OCH3 is 1. The summed E-state index contributed by atoms with van der Waals surface area (Å²) in [6.45, 7) is 2.88. The third-order valence-corrected chi connectivity index (χ3v) is 4.97. The van der Waals surface area contributed by atoms with Gasteiger partial charge in [-0.25, -0.2) is 0 Å². The Bertz CT molecular complexity index is 1210. The molecule has 0 unspecified atom stereocenters. The van der Waals surface area contributed by atoms with E-state index in [4.69, 9.17) is 4.74 Å². The van der Waals surface area contributed by atoms with Gasteiger partial charge in [0.25, 0.3) is 11.5 Å². The monoisotopic (exact) mass is 402 g/mol. The Morgan fingerprint density at radius 3 is 2.53 bits per heavy atom. The minimum Gasteiger partial charge on any atom is -0.496 e. The molecule has 0 bridgehead atoms. The van der Waals surface area contributed by atoms with Crippen molar-refractivity contribution < 1.29 is 9.53 Å². The number of fused-ring (bicyclic) bond motifs is 1. The summed E-state index contributed by atoms with van der Waals surface area (Å²) in [7, 11) is 1.59. The van der Waals surface area contributed by atoms with E-state index in [2.05, 4.69) is 10.4 Å². The minimum absolute atomic E-state index is 0.252. The van der Waals surface area contributed by atoms with Crippen LogP contribution in [0.3, 0.4) is 0 Å². The molecule has 0 fully saturated rings. The second-order valence-corrected chi connectivity index (χ2v) is 6.81. The number of pyridine rings is 1. The maximum atomic E-state index is 13.0. The van der Waals surface area contributed by atoms with Crippen LogP contribution in [0.1, 0.15) is 22.8 Å². The Morgan fingerprint density at radius 2 is 1.80 bits per heavy atom. The van der Waals surface area contributed by atoms with Crippen molar-refractivity contribution in [2.45, 2.75) is 20.0 Å². The first kappa shape index (κ1) is 19.4. The largest absolute Gasteiger partial charge is 0.496 e. The molecule has 7 nitrogen and oxygen atoms in total. The van der Waals surface area contributed by atoms with Crippen LogP contribution in [-0.4, -0.2) is 27.4 Å². The van der Waals surface area contributed by atoms with Crippen molar-refractivity contribution in [1.29, 1.82) is 0 Å². The number of carbonyl (C=O) groups excluding carboxylic acids is 1. The molecule has 152 valence electrons. The van der Waals surface area contributed by atoms with E-state index in [9.17, 15) is 9.59 Å². The molecule has 0 aliphatic carbocycles. The molecule has 0 spiro atoms. The number of amides is 1. The lowest BCUT2D eigenvalue weighted by atomic mass is 10.1. The number of hydrogen-bond donors (Lipinski definition) is 1. The van der Waals surface area contributed by atoms with E-state index in [0.717, 1.165) is 5.56 Å². The minimum atomic E-state index is -0.300. The molecule has 2 aromatic carbocycles. The van der Waals surface area contributed by atoms with Crippen LogP contribution in [-0.2, 0) is 13.1 Å². The highest BCUT2D eigenvalue weighted by atomic mass is 16.5. The number of carbonyl (C=O) groups is 1. The zero-order chi connectivity index (χ0) is 21.1. The van der Waals surface area contributed by atoms with Gasteiger partial charge in [0.15, 0.2) is 0 Å². The van der Waals surface area contributed by atoms with Crippen molar-refractivity contribution in [1.82, 2.24) is 19.7 Å². The number of benzene rings is 2. The van der Waals surface area contributed by atoms with Gasteiger partial charge in [0.2, 0.25) is 0 Å². The highest BCUT2D eigenvalue weighted by Crippen LogP contribution is 2.23. The molecular weight excluding hydrogens is 380 g/mol. The lowest BCUT2D eigenvalue weighted by Gasteiger charge is -2.12. The van der Waals surface area contributed by atoms with E-state index in [1.54, 1.807) is 19.5 Å². The Balaban J connectivity index is 1.72. The lowest BCUT2D eigenvalue weighted by Crippen LogP contribution is -2.25. The highest BCUT2D eigenvalue weighted by Gasteiger charge is 2.24. The molecule has 7 heteroatoms. The number of nitrogens with zero attached hydrogens (tertiary/aromatic N) is 3. The van der Waals surface area contributed by atoms with Crippen LogP contribution in [0.5, 0.6) is 5.75 Å². The number of rotatable bonds is 6. The maximum absolute atomic E-state index is 13.0. The van der Waals surface area contributed by atoms with Crippen LogP contribution in [0.4, 0.5) is 0 Å². The summed E-state index contributed by atoms with van der Waals surface area (Å²) in [5.74, 6) is 0.404. The average molecular weight is 402 g/mol. The van der Waals surface area contributed by atoms with Gasteiger partial charge in [0.1, 0.15) is 11.4 Å². The fourth-order valence-electron chi connectivity index (χ4n) is 3.37. The van der Waals surface area contributed by atoms with Crippen molar-refractivity contribution in [2.24, 2.45) is 0 Å². The lowest BCUT2D eigenvalue weighted by molar-refractivity contribution is 0.0950. The molecule has 30 heavy (non-hydrogen) atoms. The number of aryl methyl sites for hydroxylation is 1. The summed E-state index contributed by atoms with van der Waals surface area (Å²) < 4.78 is 8.50. The predicted molar refractivity (Wildman–Crippen MR) is 114 cm³/mol. The number of hydrogen-bond acceptors (Lipinski definition) is 4. The summed E-state index contributed by atoms with van der Waals surface area (Å²) in [6, 6.07) is 16.7. The first-order chi connectivity index (χ1) is 14.6. The Hall–Kier alpha value is -3.87. The van der Waals surface area contributed by atoms with E-state index in [-0.39, 0.29) is 11.5 Å². The normalized spacial score (nSPS) is 10.9. The van der Waals surface area contributed by atoms with Gasteiger partial charge in [0.05, 0.1) is 23.9 Å². The third kappa shape index (κ3) is 3.57. The molecule has 1 amide bonds. The van der Waals surface area contributed by atoms with Gasteiger partial charge >= 0.3 is 0 Å². The van der Waals surface area contributed by atoms with E-state index in [1.807, 2.05) is 66.1 Å². The van der Waals surface area contributed by atoms with Crippen LogP contribution >= 0.6 is 0 Å². The Labute approximate surface area is 173 Å². The predicted octanol–water partition coefficient (Wildman–Crippen LogP) is 3.10. The summed E-state index contributed by atoms with van der Waals surface area (Å²) in [5.41, 5.74) is 2.41. The second-order valence-electron chi connectivity index (χ2n) is 6.81. The number of nitrogens with one attached hydrogen (secondary N) is 1. The van der Waals surface area contributed by atoms with Crippen LogP contribution in [0.25, 0.3) is 16.9 Å². The smallest absolute Gasteiger partial charge is 0.282 e. The zero-order valence-corrected chi connectivity index (χ0v) is 16.8. The number of aromatic nitrogens is 3. The van der Waals surface area contributed by atoms with E-state index >= 15 is 0 Å². The van der Waals surface area contributed by atoms with E-state index in [1.165, 1.54) is 4.68 Å². The molecule has 0 aromatic heterocycles. The summed E-state index contributed by atoms with van der Waals surface area (Å²) in [4.78, 5) is 26.0. The zero-order valence-electron chi connectivity index (χ0n) is 16.8. The van der Waals surface area contributed by atoms with Gasteiger partial charge in [-0.2, -0.15) is 9.78 Å². The summed E-state index contributed by atoms with van der Waals surface area (Å²) in [5, 5.41) is 7.39. The van der Waals surface area contributed by atoms with Crippen molar-refractivity contribution in [3.63, 3.8) is 0 Å². The third-order valence-electron chi connectivity index (χ3n) is 4.97. The van der Waals surface area contributed by atoms with Crippen molar-refractivity contribution in [3.8, 4) is 22.7 Å². The van der Waals surface area contributed by atoms with Gasteiger partial charge in [0, 0.05) is 31.0 Å². The molecule has 1 N–H and O–H groups in total. The molecule has 4 rings (SSSR count). The van der Waals surface area contributed by atoms with Crippen molar-refractivity contribution >= 4 is 5.91 Å². The van der Waals surface area contributed by atoms with Crippen LogP contribution in [0.2, 0.25) is 0 Å². The molecule has 2 aliphatic rings. The number of ether oxygens (including phenoxy) is 1. The quantitative estimate of drug-likeness (QED) is 0.538. The van der Waals surface area contributed by atoms with Crippen LogP contribution < -0.4 is 15.6 Å². The Morgan fingerprint density at radius 1 is 1.07 bits per heavy atom. The standard InChI is InChI=1S/C23H22N4O3/c1-3-26-14-18(22(28)24-13-16-9-7-8-12-20(16)30-2)21-19(15-26)23(29)27(25-21)17-10-5-4-6-11-17/h4-12,14-15H,3,13H2,1-2H3,(H,24,28). The van der Waals surface area contributed by atoms with Crippen LogP contribution in [0.15, 0.2) is 71.8 Å². The van der Waals surface area contributed by atoms with Gasteiger partial charge < -0.3 is 14.6 Å². The molecule has 0 saturated carbocycles. The van der Waals surface area contributed by atoms with Crippen molar-refractivity contribution in [3.05, 3.63) is 88.5 Å². The topological polar surface area (TPSA) is 78.2 Å². The molecular formula is C23H22N4O3. The molecule has 0 saturated heterocycles. The van der Waals surface area contributed by atoms with Gasteiger partial charge in [-0.05, 0) is 25.1 Å². The van der Waals surface area contributed by atoms with Gasteiger partial charge in [-0.1, -0.05) is 36.4 Å². The molecule has 0 radical (unpaired) electrons. The maximum Gasteiger partial charge on any atom is 0.282 e. The first-order valence-corrected chi connectivity index (χ1v) is 9.70. The number of para-hydroxylation sites is 2. The molecule has 2 aliphatic heterocycles. The van der Waals surface area contributed by atoms with E-state index < -0.39 is 0 Å². The molecule has 2 aromatic rings. The van der Waals surface area contributed by atoms with Gasteiger partial charge in [-0.3, -0.25) is 9.59 Å². The Kier molecular flexibility index (Phi) is 5.34. The van der Waals surface area contributed by atoms with Crippen LogP contribution in [0, 0.1) is 0 Å². The van der Waals surface area contributed by atoms with E-state index in [0.29, 0.717) is 41.3 Å². The fourth-order valence-corrected chi connectivity index (χ4v) is 3.37. The second kappa shape index (κ2) is 8.24. The summed E-state index contributed by atoms with van der Waals surface area (Å²) in [6.07, 6.45) is 3.46. The summed E-state index contributed by atoms with van der Waals surface area (Å²) >= 11 is 0. The van der Waals surface area contributed by atoms with Crippen molar-refractivity contribution in [2.75, 3.05) is 7.11 Å².